The lowest BCUT2D eigenvalue weighted by molar-refractivity contribution is -0.911. The second kappa shape index (κ2) is 16.0. The normalized spacial score (nSPS) is 17.7. The van der Waals surface area contributed by atoms with Crippen LogP contribution in [0.25, 0.3) is 0 Å². The van der Waals surface area contributed by atoms with Gasteiger partial charge < -0.3 is 28.5 Å². The van der Waals surface area contributed by atoms with E-state index in [0.717, 1.165) is 30.7 Å². The number of nitrogens with zero attached hydrogens (tertiary/aromatic N) is 2. The minimum atomic E-state index is 0. The minimum Gasteiger partial charge on any atom is -1.00 e. The maximum absolute atomic E-state index is 12.6. The molecule has 2 aliphatic heterocycles. The molecule has 2 aromatic rings. The zero-order valence-corrected chi connectivity index (χ0v) is 26.9. The van der Waals surface area contributed by atoms with Crippen LogP contribution in [0.4, 0.5) is 0 Å². The van der Waals surface area contributed by atoms with Gasteiger partial charge in [-0.3, -0.25) is 14.5 Å². The van der Waals surface area contributed by atoms with Crippen LogP contribution in [-0.2, 0) is 22.4 Å². The Hall–Kier alpha value is -1.57. The van der Waals surface area contributed by atoms with Crippen molar-refractivity contribution >= 4 is 11.6 Å². The SMILES string of the molecule is C.Cc1cccc(C)c1CC(=O)C(C)N1CCCC1.Cc1cccc(C)c1CC(=O)C(C)[N+]1(C)CCCC1.[I-]. The molecule has 39 heavy (non-hydrogen) atoms. The van der Waals surface area contributed by atoms with Crippen molar-refractivity contribution in [3.05, 3.63) is 69.8 Å². The number of carbonyl (C=O) groups is 2. The maximum Gasteiger partial charge on any atom is 0.193 e. The van der Waals surface area contributed by atoms with E-state index in [1.807, 2.05) is 0 Å². The van der Waals surface area contributed by atoms with E-state index in [4.69, 9.17) is 0 Å². The lowest BCUT2D eigenvalue weighted by atomic mass is 9.95. The number of aryl methyl sites for hydroxylation is 4. The summed E-state index contributed by atoms with van der Waals surface area (Å²) in [6.45, 7) is 17.0. The average molecular weight is 649 g/mol. The molecule has 5 heteroatoms. The van der Waals surface area contributed by atoms with E-state index in [1.165, 1.54) is 59.1 Å². The lowest BCUT2D eigenvalue weighted by Gasteiger charge is -2.35. The maximum atomic E-state index is 12.6. The number of likely N-dealkylation sites (N-methyl/N-ethyl adjacent to an activating group) is 1. The summed E-state index contributed by atoms with van der Waals surface area (Å²) in [7, 11) is 2.24. The monoisotopic (exact) mass is 648 g/mol. The Labute approximate surface area is 256 Å². The van der Waals surface area contributed by atoms with Crippen LogP contribution >= 0.6 is 0 Å². The van der Waals surface area contributed by atoms with Crippen molar-refractivity contribution in [3.63, 3.8) is 0 Å². The van der Waals surface area contributed by atoms with E-state index < -0.39 is 0 Å². The fourth-order valence-electron chi connectivity index (χ4n) is 6.02. The summed E-state index contributed by atoms with van der Waals surface area (Å²) in [5, 5.41) is 0. The van der Waals surface area contributed by atoms with Crippen LogP contribution < -0.4 is 24.0 Å². The second-order valence-corrected chi connectivity index (χ2v) is 11.8. The molecule has 0 radical (unpaired) electrons. The number of ketones is 2. The van der Waals surface area contributed by atoms with Gasteiger partial charge >= 0.3 is 0 Å². The van der Waals surface area contributed by atoms with Crippen molar-refractivity contribution < 1.29 is 38.0 Å². The predicted molar refractivity (Wildman–Crippen MR) is 161 cm³/mol. The Morgan fingerprint density at radius 2 is 1.13 bits per heavy atom. The van der Waals surface area contributed by atoms with Gasteiger partial charge in [-0.2, -0.15) is 0 Å². The molecular weight excluding hydrogens is 595 g/mol. The summed E-state index contributed by atoms with van der Waals surface area (Å²) >= 11 is 0. The molecule has 218 valence electrons. The first-order chi connectivity index (χ1) is 17.5. The third kappa shape index (κ3) is 9.22. The molecule has 2 aliphatic rings. The molecular formula is C34H53IN2O2. The highest BCUT2D eigenvalue weighted by Crippen LogP contribution is 2.23. The quantitative estimate of drug-likeness (QED) is 0.325. The van der Waals surface area contributed by atoms with Gasteiger partial charge in [0.05, 0.1) is 26.2 Å². The fraction of sp³-hybridized carbons (Fsp3) is 0.588. The number of likely N-dealkylation sites (tertiary alicyclic amines) is 2. The van der Waals surface area contributed by atoms with Gasteiger partial charge in [-0.25, -0.2) is 0 Å². The zero-order valence-electron chi connectivity index (χ0n) is 24.8. The van der Waals surface area contributed by atoms with Gasteiger partial charge in [-0.1, -0.05) is 43.8 Å². The minimum absolute atomic E-state index is 0. The van der Waals surface area contributed by atoms with E-state index >= 15 is 0 Å². The highest BCUT2D eigenvalue weighted by atomic mass is 127. The Bertz CT molecular complexity index is 1040. The molecule has 2 aromatic carbocycles. The molecule has 4 nitrogen and oxygen atoms in total. The third-order valence-corrected chi connectivity index (χ3v) is 9.13. The third-order valence-electron chi connectivity index (χ3n) is 9.13. The van der Waals surface area contributed by atoms with Crippen LogP contribution in [0.5, 0.6) is 0 Å². The van der Waals surface area contributed by atoms with Crippen LogP contribution in [0.15, 0.2) is 36.4 Å². The standard InChI is InChI=1S/C17H26NO.C16H23NO.CH4.HI/c1-13-8-7-9-14(2)16(13)12-17(19)15(3)18(4)10-5-6-11-18;1-12-7-6-8-13(2)15(12)11-16(18)14(3)17-9-4-5-10-17;;/h7-9,15H,5-6,10-12H2,1-4H3;6-8,14H,4-5,9-11H2,1-3H3;1H4;1H/q+1;;;/p-1. The molecule has 0 saturated carbocycles. The van der Waals surface area contributed by atoms with E-state index in [-0.39, 0.29) is 43.5 Å². The summed E-state index contributed by atoms with van der Waals surface area (Å²) in [6.07, 6.45) is 6.17. The summed E-state index contributed by atoms with van der Waals surface area (Å²) < 4.78 is 0.934. The van der Waals surface area contributed by atoms with Crippen LogP contribution in [-0.4, -0.2) is 66.3 Å². The van der Waals surface area contributed by atoms with Crippen molar-refractivity contribution in [1.29, 1.82) is 0 Å². The lowest BCUT2D eigenvalue weighted by Crippen LogP contribution is -3.00. The smallest absolute Gasteiger partial charge is 0.193 e. The fourth-order valence-corrected chi connectivity index (χ4v) is 6.02. The van der Waals surface area contributed by atoms with E-state index in [9.17, 15) is 9.59 Å². The molecule has 2 heterocycles. The number of hydrogen-bond acceptors (Lipinski definition) is 3. The molecule has 4 rings (SSSR count). The number of hydrogen-bond donors (Lipinski definition) is 0. The molecule has 0 bridgehead atoms. The highest BCUT2D eigenvalue weighted by Gasteiger charge is 2.37. The predicted octanol–water partition coefficient (Wildman–Crippen LogP) is 3.58. The van der Waals surface area contributed by atoms with Crippen molar-refractivity contribution in [2.75, 3.05) is 33.2 Å². The Balaban J connectivity index is 0.000000371. The topological polar surface area (TPSA) is 37.4 Å². The first-order valence-corrected chi connectivity index (χ1v) is 14.3. The molecule has 0 spiro atoms. The molecule has 0 aromatic heterocycles. The van der Waals surface area contributed by atoms with Crippen LogP contribution in [0.2, 0.25) is 0 Å². The number of quaternary nitrogens is 1. The van der Waals surface area contributed by atoms with Crippen molar-refractivity contribution in [2.45, 2.75) is 99.6 Å². The summed E-state index contributed by atoms with van der Waals surface area (Å²) in [4.78, 5) is 27.3. The number of rotatable bonds is 8. The summed E-state index contributed by atoms with van der Waals surface area (Å²) in [6, 6.07) is 12.7. The second-order valence-electron chi connectivity index (χ2n) is 11.8. The number of Topliss-reactive ketones (excluding diaryl/α,β-unsaturated/α-hetero) is 2. The van der Waals surface area contributed by atoms with Gasteiger partial charge in [0.25, 0.3) is 0 Å². The first-order valence-electron chi connectivity index (χ1n) is 14.3. The van der Waals surface area contributed by atoms with Crippen molar-refractivity contribution in [3.8, 4) is 0 Å². The van der Waals surface area contributed by atoms with Crippen molar-refractivity contribution in [1.82, 2.24) is 4.90 Å². The highest BCUT2D eigenvalue weighted by molar-refractivity contribution is 5.86. The average Bonchev–Trinajstić information content (AvgIpc) is 3.56. The largest absolute Gasteiger partial charge is 1.00 e. The van der Waals surface area contributed by atoms with Crippen molar-refractivity contribution in [2.24, 2.45) is 0 Å². The van der Waals surface area contributed by atoms with Crippen LogP contribution in [0.3, 0.4) is 0 Å². The van der Waals surface area contributed by atoms with Gasteiger partial charge in [-0.15, -0.1) is 0 Å². The molecule has 2 unspecified atom stereocenters. The van der Waals surface area contributed by atoms with E-state index in [0.29, 0.717) is 24.4 Å². The zero-order chi connectivity index (χ0) is 27.2. The van der Waals surface area contributed by atoms with Crippen LogP contribution in [0, 0.1) is 27.7 Å². The molecule has 2 atom stereocenters. The number of carbonyl (C=O) groups excluding carboxylic acids is 2. The van der Waals surface area contributed by atoms with Gasteiger partial charge in [0, 0.05) is 25.7 Å². The molecule has 2 saturated heterocycles. The van der Waals surface area contributed by atoms with Gasteiger partial charge in [0.15, 0.2) is 11.6 Å². The summed E-state index contributed by atoms with van der Waals surface area (Å²) in [5.41, 5.74) is 7.39. The van der Waals surface area contributed by atoms with Crippen LogP contribution in [0.1, 0.15) is 80.3 Å². The summed E-state index contributed by atoms with van der Waals surface area (Å²) in [5.74, 6) is 0.746. The van der Waals surface area contributed by atoms with Gasteiger partial charge in [0.2, 0.25) is 0 Å². The molecule has 0 aliphatic carbocycles. The van der Waals surface area contributed by atoms with E-state index in [1.54, 1.807) is 0 Å². The van der Waals surface area contributed by atoms with Gasteiger partial charge in [0.1, 0.15) is 6.04 Å². The first kappa shape index (κ1) is 35.5. The Morgan fingerprint density at radius 1 is 0.744 bits per heavy atom. The molecule has 0 amide bonds. The number of halogens is 1. The Morgan fingerprint density at radius 3 is 1.54 bits per heavy atom. The molecule has 2 fully saturated rings. The van der Waals surface area contributed by atoms with Gasteiger partial charge in [-0.05, 0) is 101 Å². The van der Waals surface area contributed by atoms with E-state index in [2.05, 4.69) is 89.9 Å². The Kier molecular flexibility index (Phi) is 14.6. The number of benzene rings is 2. The molecule has 0 N–H and O–H groups in total.